The van der Waals surface area contributed by atoms with E-state index in [0.717, 1.165) is 5.56 Å². The summed E-state index contributed by atoms with van der Waals surface area (Å²) in [6.07, 6.45) is -0.494. The molecule has 1 amide bonds. The number of nitrogens with zero attached hydrogens (tertiary/aromatic N) is 1. The molecule has 23 heavy (non-hydrogen) atoms. The van der Waals surface area contributed by atoms with Crippen molar-refractivity contribution in [1.29, 1.82) is 0 Å². The highest BCUT2D eigenvalue weighted by molar-refractivity contribution is 5.85. The third kappa shape index (κ3) is 3.56. The zero-order chi connectivity index (χ0) is 15.7. The van der Waals surface area contributed by atoms with Crippen LogP contribution in [0.2, 0.25) is 0 Å². The van der Waals surface area contributed by atoms with Crippen molar-refractivity contribution in [3.8, 4) is 0 Å². The van der Waals surface area contributed by atoms with Crippen molar-refractivity contribution in [3.05, 3.63) is 35.1 Å². The van der Waals surface area contributed by atoms with Crippen LogP contribution in [-0.4, -0.2) is 42.8 Å². The molecule has 2 atom stereocenters. The summed E-state index contributed by atoms with van der Waals surface area (Å²) >= 11 is 0. The molecule has 1 saturated heterocycles. The number of amides is 1. The van der Waals surface area contributed by atoms with Crippen molar-refractivity contribution in [2.75, 3.05) is 13.7 Å². The lowest BCUT2D eigenvalue weighted by Gasteiger charge is -2.18. The minimum atomic E-state index is -0.493. The van der Waals surface area contributed by atoms with Gasteiger partial charge >= 0.3 is 12.1 Å². The van der Waals surface area contributed by atoms with Crippen LogP contribution in [0.1, 0.15) is 17.5 Å². The van der Waals surface area contributed by atoms with Crippen molar-refractivity contribution in [1.82, 2.24) is 10.2 Å². The van der Waals surface area contributed by atoms with Crippen LogP contribution >= 0.6 is 12.4 Å². The fourth-order valence-electron chi connectivity index (χ4n) is 2.84. The van der Waals surface area contributed by atoms with Gasteiger partial charge in [-0.2, -0.15) is 0 Å². The molecule has 0 aromatic heterocycles. The van der Waals surface area contributed by atoms with E-state index in [1.807, 2.05) is 0 Å². The lowest BCUT2D eigenvalue weighted by Crippen LogP contribution is -2.31. The van der Waals surface area contributed by atoms with Gasteiger partial charge in [0.1, 0.15) is 18.0 Å². The van der Waals surface area contributed by atoms with Gasteiger partial charge in [-0.1, -0.05) is 12.1 Å². The first-order valence-corrected chi connectivity index (χ1v) is 7.11. The highest BCUT2D eigenvalue weighted by atomic mass is 35.5. The van der Waals surface area contributed by atoms with Crippen LogP contribution in [0.25, 0.3) is 0 Å². The predicted molar refractivity (Wildman–Crippen MR) is 81.6 cm³/mol. The largest absolute Gasteiger partial charge is 0.468 e. The van der Waals surface area contributed by atoms with Crippen molar-refractivity contribution in [2.24, 2.45) is 0 Å². The van der Waals surface area contributed by atoms with Crippen LogP contribution in [0.3, 0.4) is 0 Å². The zero-order valence-electron chi connectivity index (χ0n) is 12.6. The van der Waals surface area contributed by atoms with E-state index in [1.54, 1.807) is 12.1 Å². The molecule has 0 saturated carbocycles. The lowest BCUT2D eigenvalue weighted by atomic mass is 10.1. The topological polar surface area (TPSA) is 67.9 Å². The number of methoxy groups -OCH3 is 1. The minimum Gasteiger partial charge on any atom is -0.468 e. The first-order valence-electron chi connectivity index (χ1n) is 7.11. The molecule has 1 aromatic carbocycles. The molecule has 2 aliphatic heterocycles. The van der Waals surface area contributed by atoms with Gasteiger partial charge in [0, 0.05) is 25.1 Å². The summed E-state index contributed by atoms with van der Waals surface area (Å²) in [4.78, 5) is 25.0. The Morgan fingerprint density at radius 3 is 2.83 bits per heavy atom. The quantitative estimate of drug-likeness (QED) is 0.825. The van der Waals surface area contributed by atoms with E-state index in [4.69, 9.17) is 4.74 Å². The summed E-state index contributed by atoms with van der Waals surface area (Å²) in [6.45, 7) is 0.953. The normalized spacial score (nSPS) is 22.3. The van der Waals surface area contributed by atoms with E-state index in [1.165, 1.54) is 18.1 Å². The standard InChI is InChI=1S/C15H17FN2O4.ClH/c1-21-14(19)13-5-10(6-17-13)22-15(20)18-7-9-3-2-4-12(16)11(9)8-18;/h2-4,10,13,17H,5-8H2,1H3;1H/t10-,13+;/m1./s1. The van der Waals surface area contributed by atoms with Gasteiger partial charge in [0.25, 0.3) is 0 Å². The van der Waals surface area contributed by atoms with Gasteiger partial charge in [0.15, 0.2) is 0 Å². The fourth-order valence-corrected chi connectivity index (χ4v) is 2.84. The Morgan fingerprint density at radius 2 is 2.13 bits per heavy atom. The molecule has 1 aromatic rings. The van der Waals surface area contributed by atoms with Crippen molar-refractivity contribution in [2.45, 2.75) is 31.7 Å². The number of nitrogens with one attached hydrogen (secondary N) is 1. The summed E-state index contributed by atoms with van der Waals surface area (Å²) < 4.78 is 23.7. The molecule has 126 valence electrons. The Hall–Kier alpha value is -1.86. The number of halogens is 2. The average molecular weight is 345 g/mol. The first-order chi connectivity index (χ1) is 10.6. The smallest absolute Gasteiger partial charge is 0.410 e. The number of benzene rings is 1. The zero-order valence-corrected chi connectivity index (χ0v) is 13.4. The highest BCUT2D eigenvalue weighted by Crippen LogP contribution is 2.26. The summed E-state index contributed by atoms with van der Waals surface area (Å²) in [5, 5.41) is 2.95. The van der Waals surface area contributed by atoms with Gasteiger partial charge < -0.3 is 14.8 Å². The Labute approximate surface area is 139 Å². The summed E-state index contributed by atoms with van der Waals surface area (Å²) in [5.41, 5.74) is 1.34. The number of esters is 1. The maximum atomic E-state index is 13.7. The Bertz CT molecular complexity index is 613. The van der Waals surface area contributed by atoms with E-state index >= 15 is 0 Å². The molecular formula is C15H18ClFN2O4. The molecule has 0 unspecified atom stereocenters. The van der Waals surface area contributed by atoms with E-state index < -0.39 is 12.1 Å². The van der Waals surface area contributed by atoms with Crippen LogP contribution in [0.4, 0.5) is 9.18 Å². The number of ether oxygens (including phenoxy) is 2. The second-order valence-electron chi connectivity index (χ2n) is 5.46. The first kappa shape index (κ1) is 17.5. The summed E-state index contributed by atoms with van der Waals surface area (Å²) in [6, 6.07) is 4.37. The van der Waals surface area contributed by atoms with Crippen LogP contribution in [0.15, 0.2) is 18.2 Å². The van der Waals surface area contributed by atoms with E-state index in [9.17, 15) is 14.0 Å². The number of rotatable bonds is 2. The van der Waals surface area contributed by atoms with Crippen LogP contribution < -0.4 is 5.32 Å². The second kappa shape index (κ2) is 7.14. The SMILES string of the molecule is COC(=O)[C@@H]1C[C@@H](OC(=O)N2Cc3cccc(F)c3C2)CN1.Cl. The molecule has 2 aliphatic rings. The monoisotopic (exact) mass is 344 g/mol. The molecule has 2 heterocycles. The minimum absolute atomic E-state index is 0. The number of carbonyl (C=O) groups excluding carboxylic acids is 2. The number of carbonyl (C=O) groups is 2. The van der Waals surface area contributed by atoms with Gasteiger partial charge in [0.2, 0.25) is 0 Å². The average Bonchev–Trinajstić information content (AvgIpc) is 3.13. The second-order valence-corrected chi connectivity index (χ2v) is 5.46. The van der Waals surface area contributed by atoms with Crippen molar-refractivity contribution in [3.63, 3.8) is 0 Å². The van der Waals surface area contributed by atoms with Gasteiger partial charge in [0.05, 0.1) is 13.7 Å². The Kier molecular flexibility index (Phi) is 5.43. The van der Waals surface area contributed by atoms with E-state index in [0.29, 0.717) is 25.1 Å². The molecule has 0 radical (unpaired) electrons. The van der Waals surface area contributed by atoms with Gasteiger partial charge in [-0.05, 0) is 11.6 Å². The molecule has 1 fully saturated rings. The van der Waals surface area contributed by atoms with Gasteiger partial charge in [-0.3, -0.25) is 9.69 Å². The highest BCUT2D eigenvalue weighted by Gasteiger charge is 2.34. The molecule has 1 N–H and O–H groups in total. The van der Waals surface area contributed by atoms with Crippen LogP contribution in [0.5, 0.6) is 0 Å². The Morgan fingerprint density at radius 1 is 1.35 bits per heavy atom. The maximum Gasteiger partial charge on any atom is 0.410 e. The molecule has 0 aliphatic carbocycles. The van der Waals surface area contributed by atoms with Crippen molar-refractivity contribution >= 4 is 24.5 Å². The molecule has 3 rings (SSSR count). The number of hydrogen-bond acceptors (Lipinski definition) is 5. The maximum absolute atomic E-state index is 13.7. The van der Waals surface area contributed by atoms with Gasteiger partial charge in [-0.25, -0.2) is 9.18 Å². The molecule has 0 spiro atoms. The van der Waals surface area contributed by atoms with Crippen LogP contribution in [0, 0.1) is 5.82 Å². The lowest BCUT2D eigenvalue weighted by molar-refractivity contribution is -0.142. The molecule has 0 bridgehead atoms. The fraction of sp³-hybridized carbons (Fsp3) is 0.467. The Balaban J connectivity index is 0.00000192. The predicted octanol–water partition coefficient (Wildman–Crippen LogP) is 1.60. The van der Waals surface area contributed by atoms with E-state index in [-0.39, 0.29) is 36.8 Å². The molecular weight excluding hydrogens is 327 g/mol. The summed E-state index contributed by atoms with van der Waals surface area (Å²) in [5.74, 6) is -0.671. The number of fused-ring (bicyclic) bond motifs is 1. The van der Waals surface area contributed by atoms with Crippen LogP contribution in [-0.2, 0) is 27.4 Å². The summed E-state index contributed by atoms with van der Waals surface area (Å²) in [7, 11) is 1.32. The van der Waals surface area contributed by atoms with E-state index in [2.05, 4.69) is 10.1 Å². The number of hydrogen-bond donors (Lipinski definition) is 1. The molecule has 6 nitrogen and oxygen atoms in total. The third-order valence-electron chi connectivity index (χ3n) is 4.03. The van der Waals surface area contributed by atoms with Crippen molar-refractivity contribution < 1.29 is 23.5 Å². The molecule has 8 heteroatoms. The third-order valence-corrected chi connectivity index (χ3v) is 4.03. The van der Waals surface area contributed by atoms with Gasteiger partial charge in [-0.15, -0.1) is 12.4 Å².